The Kier molecular flexibility index (Phi) is 8.12. The zero-order valence-electron chi connectivity index (χ0n) is 13.2. The number of benzene rings is 1. The molecule has 0 bridgehead atoms. The number of hydrogen-bond donors (Lipinski definition) is 2. The molecule has 1 saturated heterocycles. The molecule has 1 aromatic carbocycles. The second-order valence-corrected chi connectivity index (χ2v) is 6.14. The van der Waals surface area contributed by atoms with Crippen LogP contribution in [0.5, 0.6) is 0 Å². The van der Waals surface area contributed by atoms with Gasteiger partial charge < -0.3 is 11.1 Å². The predicted octanol–water partition coefficient (Wildman–Crippen LogP) is 1.51. The smallest absolute Gasteiger partial charge is 0.234 e. The molecule has 23 heavy (non-hydrogen) atoms. The highest BCUT2D eigenvalue weighted by atomic mass is 35.5. The van der Waals surface area contributed by atoms with Crippen LogP contribution in [-0.4, -0.2) is 54.5 Å². The van der Waals surface area contributed by atoms with Crippen molar-refractivity contribution < 1.29 is 4.79 Å². The van der Waals surface area contributed by atoms with Gasteiger partial charge in [0.25, 0.3) is 0 Å². The number of carbonyl (C=O) groups excluding carboxylic acids is 1. The average Bonchev–Trinajstić information content (AvgIpc) is 3.25. The molecule has 3 rings (SSSR count). The van der Waals surface area contributed by atoms with Crippen LogP contribution < -0.4 is 11.1 Å². The van der Waals surface area contributed by atoms with Crippen molar-refractivity contribution in [1.29, 1.82) is 0 Å². The molecule has 0 aromatic heterocycles. The van der Waals surface area contributed by atoms with Crippen molar-refractivity contribution in [1.82, 2.24) is 15.1 Å². The van der Waals surface area contributed by atoms with Crippen molar-refractivity contribution in [3.05, 3.63) is 29.8 Å². The molecule has 1 aliphatic heterocycles. The molecule has 1 amide bonds. The second-order valence-electron chi connectivity index (χ2n) is 6.14. The van der Waals surface area contributed by atoms with Crippen LogP contribution in [0, 0.1) is 0 Å². The number of amides is 1. The first-order valence-corrected chi connectivity index (χ1v) is 7.77. The molecule has 5 nitrogen and oxygen atoms in total. The summed E-state index contributed by atoms with van der Waals surface area (Å²) >= 11 is 0. The third-order valence-electron chi connectivity index (χ3n) is 4.13. The molecule has 0 radical (unpaired) electrons. The molecule has 7 heteroatoms. The van der Waals surface area contributed by atoms with Crippen molar-refractivity contribution in [2.75, 3.05) is 38.5 Å². The minimum absolute atomic E-state index is 0. The van der Waals surface area contributed by atoms with Crippen molar-refractivity contribution in [3.8, 4) is 0 Å². The fraction of sp³-hybridized carbons (Fsp3) is 0.562. The number of hydrogen-bond acceptors (Lipinski definition) is 4. The second kappa shape index (κ2) is 9.33. The Bertz CT molecular complexity index is 503. The Balaban J connectivity index is 0.00000132. The van der Waals surface area contributed by atoms with Gasteiger partial charge in [-0.2, -0.15) is 0 Å². The van der Waals surface area contributed by atoms with Crippen LogP contribution in [-0.2, 0) is 11.3 Å². The number of nitrogens with one attached hydrogen (secondary N) is 1. The van der Waals surface area contributed by atoms with Gasteiger partial charge in [0.05, 0.1) is 6.54 Å². The fourth-order valence-electron chi connectivity index (χ4n) is 2.76. The van der Waals surface area contributed by atoms with E-state index < -0.39 is 0 Å². The van der Waals surface area contributed by atoms with Gasteiger partial charge >= 0.3 is 0 Å². The first kappa shape index (κ1) is 20.0. The van der Waals surface area contributed by atoms with E-state index in [1.54, 1.807) is 0 Å². The maximum atomic E-state index is 11.8. The molecule has 0 atom stereocenters. The number of rotatable bonds is 5. The number of nitrogen functional groups attached to an aromatic ring is 1. The fourth-order valence-corrected chi connectivity index (χ4v) is 2.76. The lowest BCUT2D eigenvalue weighted by Gasteiger charge is -2.34. The summed E-state index contributed by atoms with van der Waals surface area (Å²) in [6, 6.07) is 8.53. The summed E-state index contributed by atoms with van der Waals surface area (Å²) in [6.07, 6.45) is 2.31. The van der Waals surface area contributed by atoms with Gasteiger partial charge in [-0.25, -0.2) is 0 Å². The van der Waals surface area contributed by atoms with Gasteiger partial charge in [0, 0.05) is 44.5 Å². The first-order valence-electron chi connectivity index (χ1n) is 7.77. The van der Waals surface area contributed by atoms with Crippen LogP contribution in [0.3, 0.4) is 0 Å². The maximum Gasteiger partial charge on any atom is 0.234 e. The van der Waals surface area contributed by atoms with E-state index >= 15 is 0 Å². The van der Waals surface area contributed by atoms with E-state index in [-0.39, 0.29) is 30.7 Å². The summed E-state index contributed by atoms with van der Waals surface area (Å²) in [6.45, 7) is 5.41. The van der Waals surface area contributed by atoms with Crippen LogP contribution in [0.4, 0.5) is 5.69 Å². The van der Waals surface area contributed by atoms with E-state index in [9.17, 15) is 4.79 Å². The van der Waals surface area contributed by atoms with Gasteiger partial charge in [0.1, 0.15) is 0 Å². The van der Waals surface area contributed by atoms with E-state index in [4.69, 9.17) is 5.73 Å². The Morgan fingerprint density at radius 1 is 1.13 bits per heavy atom. The average molecular weight is 361 g/mol. The largest absolute Gasteiger partial charge is 0.399 e. The van der Waals surface area contributed by atoms with Gasteiger partial charge in [-0.1, -0.05) is 12.1 Å². The summed E-state index contributed by atoms with van der Waals surface area (Å²) in [5, 5.41) is 3.05. The van der Waals surface area contributed by atoms with Crippen LogP contribution in [0.15, 0.2) is 24.3 Å². The normalized spacial score (nSPS) is 18.6. The molecule has 130 valence electrons. The minimum atomic E-state index is 0. The van der Waals surface area contributed by atoms with Crippen molar-refractivity contribution in [2.24, 2.45) is 0 Å². The number of halogens is 2. The quantitative estimate of drug-likeness (QED) is 0.781. The summed E-state index contributed by atoms with van der Waals surface area (Å²) < 4.78 is 0. The lowest BCUT2D eigenvalue weighted by molar-refractivity contribution is -0.122. The molecule has 2 aliphatic rings. The zero-order chi connectivity index (χ0) is 14.7. The first-order chi connectivity index (χ1) is 10.2. The number of nitrogens with two attached hydrogens (primary N) is 1. The highest BCUT2D eigenvalue weighted by Gasteiger charge is 2.25. The highest BCUT2D eigenvalue weighted by Crippen LogP contribution is 2.18. The predicted molar refractivity (Wildman–Crippen MR) is 98.2 cm³/mol. The molecule has 1 aliphatic carbocycles. The third kappa shape index (κ3) is 6.55. The van der Waals surface area contributed by atoms with Gasteiger partial charge in [-0.15, -0.1) is 24.8 Å². The maximum absolute atomic E-state index is 11.8. The van der Waals surface area contributed by atoms with E-state index in [1.807, 2.05) is 18.2 Å². The van der Waals surface area contributed by atoms with Crippen LogP contribution >= 0.6 is 24.8 Å². The minimum Gasteiger partial charge on any atom is -0.399 e. The van der Waals surface area contributed by atoms with Crippen molar-refractivity contribution in [2.45, 2.75) is 25.4 Å². The molecule has 0 spiro atoms. The highest BCUT2D eigenvalue weighted by molar-refractivity contribution is 5.85. The van der Waals surface area contributed by atoms with Crippen LogP contribution in [0.25, 0.3) is 0 Å². The topological polar surface area (TPSA) is 61.6 Å². The van der Waals surface area contributed by atoms with E-state index in [1.165, 1.54) is 5.56 Å². The molecule has 0 unspecified atom stereocenters. The zero-order valence-corrected chi connectivity index (χ0v) is 14.9. The van der Waals surface area contributed by atoms with Crippen molar-refractivity contribution >= 4 is 36.4 Å². The van der Waals surface area contributed by atoms with Crippen LogP contribution in [0.2, 0.25) is 0 Å². The van der Waals surface area contributed by atoms with E-state index in [2.05, 4.69) is 21.2 Å². The van der Waals surface area contributed by atoms with Gasteiger partial charge in [-0.3, -0.25) is 14.6 Å². The van der Waals surface area contributed by atoms with E-state index in [0.717, 1.165) is 51.3 Å². The molecule has 2 fully saturated rings. The standard InChI is InChI=1S/C16H24N4O.2ClH/c17-14-3-1-2-13(10-14)11-19-6-8-20(9-7-19)12-16(21)18-15-4-5-15;;/h1-3,10,15H,4-9,11-12,17H2,(H,18,21);2*1H. The number of piperazine rings is 1. The number of anilines is 1. The monoisotopic (exact) mass is 360 g/mol. The molecule has 1 heterocycles. The molecule has 3 N–H and O–H groups in total. The lowest BCUT2D eigenvalue weighted by Crippen LogP contribution is -2.49. The summed E-state index contributed by atoms with van der Waals surface area (Å²) in [5.74, 6) is 0.182. The lowest BCUT2D eigenvalue weighted by atomic mass is 10.2. The molecule has 1 aromatic rings. The number of nitrogens with zero attached hydrogens (tertiary/aromatic N) is 2. The summed E-state index contributed by atoms with van der Waals surface area (Å²) in [4.78, 5) is 16.5. The Hall–Kier alpha value is -1.01. The Morgan fingerprint density at radius 2 is 1.78 bits per heavy atom. The van der Waals surface area contributed by atoms with E-state index in [0.29, 0.717) is 12.6 Å². The SMILES string of the molecule is Cl.Cl.Nc1cccc(CN2CCN(CC(=O)NC3CC3)CC2)c1. The van der Waals surface area contributed by atoms with Crippen LogP contribution in [0.1, 0.15) is 18.4 Å². The Labute approximate surface area is 150 Å². The molecule has 1 saturated carbocycles. The summed E-state index contributed by atoms with van der Waals surface area (Å²) in [5.41, 5.74) is 7.90. The summed E-state index contributed by atoms with van der Waals surface area (Å²) in [7, 11) is 0. The van der Waals surface area contributed by atoms with Gasteiger partial charge in [0.2, 0.25) is 5.91 Å². The number of carbonyl (C=O) groups is 1. The molecular formula is C16H26Cl2N4O. The van der Waals surface area contributed by atoms with Gasteiger partial charge in [0.15, 0.2) is 0 Å². The van der Waals surface area contributed by atoms with Crippen molar-refractivity contribution in [3.63, 3.8) is 0 Å². The Morgan fingerprint density at radius 3 is 2.39 bits per heavy atom. The molecular weight excluding hydrogens is 335 g/mol. The van der Waals surface area contributed by atoms with Gasteiger partial charge in [-0.05, 0) is 30.5 Å². The third-order valence-corrected chi connectivity index (χ3v) is 4.13.